The molecular weight excluding hydrogens is 326 g/mol. The summed E-state index contributed by atoms with van der Waals surface area (Å²) in [5.41, 5.74) is 0.741. The number of imide groups is 1. The van der Waals surface area contributed by atoms with Crippen LogP contribution in [0.25, 0.3) is 10.8 Å². The van der Waals surface area contributed by atoms with E-state index in [-0.39, 0.29) is 5.76 Å². The zero-order chi connectivity index (χ0) is 17.6. The van der Waals surface area contributed by atoms with Crippen molar-refractivity contribution in [3.05, 3.63) is 75.5 Å². The largest absolute Gasteiger partial charge is 0.433 e. The van der Waals surface area contributed by atoms with E-state index in [0.29, 0.717) is 16.5 Å². The van der Waals surface area contributed by atoms with Gasteiger partial charge in [-0.1, -0.05) is 24.3 Å². The van der Waals surface area contributed by atoms with Gasteiger partial charge in [0.05, 0.1) is 23.4 Å². The van der Waals surface area contributed by atoms with Gasteiger partial charge >= 0.3 is 5.88 Å². The molecule has 0 saturated carbocycles. The Bertz CT molecular complexity index is 1030. The Morgan fingerprint density at radius 2 is 1.64 bits per heavy atom. The van der Waals surface area contributed by atoms with Crippen molar-refractivity contribution in [2.75, 3.05) is 0 Å². The molecule has 25 heavy (non-hydrogen) atoms. The van der Waals surface area contributed by atoms with Gasteiger partial charge < -0.3 is 4.42 Å². The maximum absolute atomic E-state index is 12.6. The maximum atomic E-state index is 12.6. The Morgan fingerprint density at radius 3 is 2.20 bits per heavy atom. The van der Waals surface area contributed by atoms with Crippen LogP contribution in [0.5, 0.6) is 0 Å². The van der Waals surface area contributed by atoms with E-state index in [0.717, 1.165) is 22.7 Å². The highest BCUT2D eigenvalue weighted by atomic mass is 16.6. The van der Waals surface area contributed by atoms with Gasteiger partial charge in [0.25, 0.3) is 11.8 Å². The summed E-state index contributed by atoms with van der Waals surface area (Å²) in [6, 6.07) is 12.8. The Hall–Kier alpha value is -3.81. The smallest absolute Gasteiger partial charge is 0.400 e. The number of nitro groups is 1. The fraction of sp³-hybridized carbons (Fsp3) is 0. The lowest BCUT2D eigenvalue weighted by Gasteiger charge is -2.22. The third-order valence-corrected chi connectivity index (χ3v) is 3.84. The zero-order valence-corrected chi connectivity index (χ0v) is 12.6. The lowest BCUT2D eigenvalue weighted by atomic mass is 9.95. The van der Waals surface area contributed by atoms with Gasteiger partial charge in [0.2, 0.25) is 0 Å². The highest BCUT2D eigenvalue weighted by Gasteiger charge is 2.32. The quantitative estimate of drug-likeness (QED) is 0.316. The molecule has 0 N–H and O–H groups in total. The van der Waals surface area contributed by atoms with Crippen molar-refractivity contribution in [1.82, 2.24) is 5.01 Å². The lowest BCUT2D eigenvalue weighted by Crippen LogP contribution is -2.36. The standard InChI is InChI=1S/C17H9N3O5/c21-16-12-5-1-3-10-4-2-6-13(15(10)12)17(22)19(16)18-9-11-7-8-14(25-11)20(23)24/h1-9H/b18-9-. The van der Waals surface area contributed by atoms with Crippen LogP contribution >= 0.6 is 0 Å². The summed E-state index contributed by atoms with van der Waals surface area (Å²) in [5.74, 6) is -1.52. The number of hydrazone groups is 1. The van der Waals surface area contributed by atoms with Crippen LogP contribution in [0.2, 0.25) is 0 Å². The van der Waals surface area contributed by atoms with Crippen molar-refractivity contribution >= 4 is 34.7 Å². The second-order valence-corrected chi connectivity index (χ2v) is 5.31. The van der Waals surface area contributed by atoms with Crippen LogP contribution in [-0.4, -0.2) is 28.0 Å². The Labute approximate surface area is 140 Å². The van der Waals surface area contributed by atoms with Gasteiger partial charge in [-0.3, -0.25) is 19.7 Å². The number of nitrogens with zero attached hydrogens (tertiary/aromatic N) is 3. The molecule has 0 aliphatic carbocycles. The van der Waals surface area contributed by atoms with Crippen LogP contribution in [0.3, 0.4) is 0 Å². The SMILES string of the molecule is O=C1c2cccc3cccc(c23)C(=O)N1/N=C\c1ccc([N+](=O)[O-])o1. The molecule has 0 fully saturated rings. The van der Waals surface area contributed by atoms with Crippen LogP contribution in [0.1, 0.15) is 26.5 Å². The number of hydrogen-bond acceptors (Lipinski definition) is 6. The maximum Gasteiger partial charge on any atom is 0.433 e. The van der Waals surface area contributed by atoms with Gasteiger partial charge in [0.15, 0.2) is 5.76 Å². The molecule has 8 heteroatoms. The number of amides is 2. The van der Waals surface area contributed by atoms with E-state index in [9.17, 15) is 19.7 Å². The molecule has 4 rings (SSSR count). The molecule has 3 aromatic rings. The first kappa shape index (κ1) is 14.8. The highest BCUT2D eigenvalue weighted by molar-refractivity contribution is 6.25. The summed E-state index contributed by atoms with van der Waals surface area (Å²) in [6.45, 7) is 0. The van der Waals surface area contributed by atoms with Gasteiger partial charge in [-0.05, 0) is 23.6 Å². The molecule has 8 nitrogen and oxygen atoms in total. The fourth-order valence-corrected chi connectivity index (χ4v) is 2.75. The van der Waals surface area contributed by atoms with Crippen LogP contribution in [0, 0.1) is 10.1 Å². The van der Waals surface area contributed by atoms with Gasteiger partial charge in [-0.25, -0.2) is 0 Å². The second-order valence-electron chi connectivity index (χ2n) is 5.31. The fourth-order valence-electron chi connectivity index (χ4n) is 2.75. The molecule has 2 heterocycles. The average Bonchev–Trinajstić information content (AvgIpc) is 3.09. The summed E-state index contributed by atoms with van der Waals surface area (Å²) in [4.78, 5) is 35.1. The first-order valence-corrected chi connectivity index (χ1v) is 7.25. The summed E-state index contributed by atoms with van der Waals surface area (Å²) in [5, 5.41) is 16.6. The number of furan rings is 1. The lowest BCUT2D eigenvalue weighted by molar-refractivity contribution is -0.402. The predicted molar refractivity (Wildman–Crippen MR) is 87.4 cm³/mol. The van der Waals surface area contributed by atoms with Gasteiger partial charge in [-0.2, -0.15) is 10.1 Å². The van der Waals surface area contributed by atoms with Crippen molar-refractivity contribution in [3.63, 3.8) is 0 Å². The van der Waals surface area contributed by atoms with E-state index in [2.05, 4.69) is 5.10 Å². The minimum absolute atomic E-state index is 0.0596. The number of carbonyl (C=O) groups is 2. The van der Waals surface area contributed by atoms with Crippen molar-refractivity contribution < 1.29 is 18.9 Å². The molecule has 1 aliphatic heterocycles. The van der Waals surface area contributed by atoms with Crippen LogP contribution in [-0.2, 0) is 0 Å². The molecule has 2 aromatic carbocycles. The van der Waals surface area contributed by atoms with E-state index in [1.165, 1.54) is 6.07 Å². The zero-order valence-electron chi connectivity index (χ0n) is 12.6. The van der Waals surface area contributed by atoms with E-state index in [4.69, 9.17) is 4.42 Å². The first-order chi connectivity index (χ1) is 12.1. The molecule has 122 valence electrons. The monoisotopic (exact) mass is 335 g/mol. The summed E-state index contributed by atoms with van der Waals surface area (Å²) >= 11 is 0. The molecule has 0 spiro atoms. The minimum Gasteiger partial charge on any atom is -0.400 e. The summed E-state index contributed by atoms with van der Waals surface area (Å²) in [6.07, 6.45) is 1.09. The van der Waals surface area contributed by atoms with Crippen LogP contribution in [0.15, 0.2) is 58.0 Å². The van der Waals surface area contributed by atoms with Crippen molar-refractivity contribution in [2.45, 2.75) is 0 Å². The number of hydrogen-bond donors (Lipinski definition) is 0. The van der Waals surface area contributed by atoms with E-state index in [1.807, 2.05) is 12.1 Å². The normalized spacial score (nSPS) is 13.8. The second kappa shape index (κ2) is 5.38. The Kier molecular flexibility index (Phi) is 3.17. The number of carbonyl (C=O) groups excluding carboxylic acids is 2. The molecule has 0 radical (unpaired) electrons. The Balaban J connectivity index is 1.74. The average molecular weight is 335 g/mol. The minimum atomic E-state index is -0.689. The van der Waals surface area contributed by atoms with E-state index in [1.54, 1.807) is 24.3 Å². The van der Waals surface area contributed by atoms with Gasteiger partial charge in [0, 0.05) is 5.39 Å². The molecule has 0 bridgehead atoms. The van der Waals surface area contributed by atoms with Crippen LogP contribution < -0.4 is 0 Å². The number of rotatable bonds is 3. The van der Waals surface area contributed by atoms with Crippen molar-refractivity contribution in [2.24, 2.45) is 5.10 Å². The molecule has 0 atom stereocenters. The van der Waals surface area contributed by atoms with Crippen LogP contribution in [0.4, 0.5) is 5.88 Å². The van der Waals surface area contributed by atoms with Gasteiger partial charge in [0.1, 0.15) is 4.92 Å². The summed E-state index contributed by atoms with van der Waals surface area (Å²) < 4.78 is 4.94. The topological polar surface area (TPSA) is 106 Å². The van der Waals surface area contributed by atoms with E-state index < -0.39 is 22.6 Å². The third-order valence-electron chi connectivity index (χ3n) is 3.84. The molecule has 0 saturated heterocycles. The highest BCUT2D eigenvalue weighted by Crippen LogP contribution is 2.30. The van der Waals surface area contributed by atoms with Crippen molar-refractivity contribution in [1.29, 1.82) is 0 Å². The van der Waals surface area contributed by atoms with Crippen molar-refractivity contribution in [3.8, 4) is 0 Å². The Morgan fingerprint density at radius 1 is 1.00 bits per heavy atom. The first-order valence-electron chi connectivity index (χ1n) is 7.25. The molecule has 1 aliphatic rings. The van der Waals surface area contributed by atoms with E-state index >= 15 is 0 Å². The predicted octanol–water partition coefficient (Wildman–Crippen LogP) is 2.97. The molecule has 2 amide bonds. The van der Waals surface area contributed by atoms with Gasteiger partial charge in [-0.15, -0.1) is 0 Å². The molecular formula is C17H9N3O5. The number of benzene rings is 2. The molecule has 1 aromatic heterocycles. The summed E-state index contributed by atoms with van der Waals surface area (Å²) in [7, 11) is 0. The molecule has 0 unspecified atom stereocenters. The third kappa shape index (κ3) is 2.27.